The highest BCUT2D eigenvalue weighted by Crippen LogP contribution is 2.03. The number of rotatable bonds is 3. The van der Waals surface area contributed by atoms with Crippen molar-refractivity contribution in [2.75, 3.05) is 13.7 Å². The normalized spacial score (nSPS) is 9.12. The highest BCUT2D eigenvalue weighted by Gasteiger charge is 1.91. The third-order valence-corrected chi connectivity index (χ3v) is 1.92. The summed E-state index contributed by atoms with van der Waals surface area (Å²) >= 11 is 0. The van der Waals surface area contributed by atoms with Crippen LogP contribution in [0.15, 0.2) is 24.3 Å². The number of carbonyl (C=O) groups excluding carboxylic acids is 1. The molecule has 0 saturated carbocycles. The molecule has 0 aliphatic heterocycles. The molecule has 84 valence electrons. The number of hydrogen-bond donors (Lipinski definition) is 1. The van der Waals surface area contributed by atoms with Gasteiger partial charge < -0.3 is 10.1 Å². The largest absolute Gasteiger partial charge is 0.380 e. The van der Waals surface area contributed by atoms with Gasteiger partial charge in [0.2, 0.25) is 5.91 Å². The second kappa shape index (κ2) is 6.65. The van der Waals surface area contributed by atoms with E-state index < -0.39 is 0 Å². The first-order chi connectivity index (χ1) is 7.72. The van der Waals surface area contributed by atoms with E-state index in [1.54, 1.807) is 7.11 Å². The van der Waals surface area contributed by atoms with Gasteiger partial charge >= 0.3 is 0 Å². The van der Waals surface area contributed by atoms with E-state index >= 15 is 0 Å². The Kier molecular flexibility index (Phi) is 5.10. The number of nitrogens with one attached hydrogen (secondary N) is 1. The number of hydrogen-bond acceptors (Lipinski definition) is 2. The van der Waals surface area contributed by atoms with E-state index in [9.17, 15) is 4.79 Å². The number of methoxy groups -OCH3 is 1. The van der Waals surface area contributed by atoms with E-state index in [1.807, 2.05) is 24.3 Å². The van der Waals surface area contributed by atoms with Gasteiger partial charge in [-0.3, -0.25) is 4.79 Å². The lowest BCUT2D eigenvalue weighted by Crippen LogP contribution is -2.19. The van der Waals surface area contributed by atoms with Crippen LogP contribution < -0.4 is 5.32 Å². The van der Waals surface area contributed by atoms with Crippen molar-refractivity contribution in [1.82, 2.24) is 5.32 Å². The van der Waals surface area contributed by atoms with E-state index in [4.69, 9.17) is 4.74 Å². The first-order valence-electron chi connectivity index (χ1n) is 5.03. The summed E-state index contributed by atoms with van der Waals surface area (Å²) in [5.41, 5.74) is 2.06. The van der Waals surface area contributed by atoms with E-state index in [1.165, 1.54) is 6.92 Å². The second-order valence-corrected chi connectivity index (χ2v) is 3.34. The number of benzene rings is 1. The fourth-order valence-electron chi connectivity index (χ4n) is 1.17. The van der Waals surface area contributed by atoms with Crippen molar-refractivity contribution >= 4 is 5.91 Å². The minimum absolute atomic E-state index is 0.0651. The third-order valence-electron chi connectivity index (χ3n) is 1.92. The van der Waals surface area contributed by atoms with Crippen LogP contribution in [0.2, 0.25) is 0 Å². The first kappa shape index (κ1) is 12.3. The molecule has 0 unspecified atom stereocenters. The van der Waals surface area contributed by atoms with Crippen LogP contribution in [0.4, 0.5) is 0 Å². The van der Waals surface area contributed by atoms with Gasteiger partial charge in [-0.1, -0.05) is 24.0 Å². The molecule has 0 aromatic heterocycles. The number of amides is 1. The molecule has 1 rings (SSSR count). The Labute approximate surface area is 95.8 Å². The van der Waals surface area contributed by atoms with Crippen molar-refractivity contribution in [1.29, 1.82) is 0 Å². The fourth-order valence-corrected chi connectivity index (χ4v) is 1.17. The predicted octanol–water partition coefficient (Wildman–Crippen LogP) is 1.32. The Bertz CT molecular complexity index is 398. The Balaban J connectivity index is 2.51. The van der Waals surface area contributed by atoms with Crippen molar-refractivity contribution < 1.29 is 9.53 Å². The van der Waals surface area contributed by atoms with Crippen molar-refractivity contribution in [3.8, 4) is 11.8 Å². The number of carbonyl (C=O) groups is 1. The molecule has 0 aliphatic carbocycles. The van der Waals surface area contributed by atoms with E-state index in [0.29, 0.717) is 13.2 Å². The third kappa shape index (κ3) is 4.63. The zero-order valence-corrected chi connectivity index (χ0v) is 9.54. The topological polar surface area (TPSA) is 38.3 Å². The summed E-state index contributed by atoms with van der Waals surface area (Å²) in [6.45, 7) is 2.47. The lowest BCUT2D eigenvalue weighted by molar-refractivity contribution is -0.118. The summed E-state index contributed by atoms with van der Waals surface area (Å²) < 4.78 is 5.01. The lowest BCUT2D eigenvalue weighted by atomic mass is 10.1. The molecule has 0 spiro atoms. The molecule has 0 aliphatic rings. The molecule has 1 N–H and O–H groups in total. The quantitative estimate of drug-likeness (QED) is 0.775. The predicted molar refractivity (Wildman–Crippen MR) is 62.7 cm³/mol. The molecule has 3 heteroatoms. The van der Waals surface area contributed by atoms with Crippen LogP contribution >= 0.6 is 0 Å². The van der Waals surface area contributed by atoms with Crippen LogP contribution in [0.5, 0.6) is 0 Å². The lowest BCUT2D eigenvalue weighted by Gasteiger charge is -1.98. The summed E-state index contributed by atoms with van der Waals surface area (Å²) in [6.07, 6.45) is 0. The Morgan fingerprint density at radius 1 is 1.38 bits per heavy atom. The molecule has 0 heterocycles. The summed E-state index contributed by atoms with van der Waals surface area (Å²) in [4.78, 5) is 10.6. The van der Waals surface area contributed by atoms with Gasteiger partial charge in [-0.05, 0) is 17.7 Å². The zero-order valence-electron chi connectivity index (χ0n) is 9.54. The summed E-state index contributed by atoms with van der Waals surface area (Å²) in [5, 5.41) is 2.61. The molecule has 1 amide bonds. The van der Waals surface area contributed by atoms with E-state index in [2.05, 4.69) is 17.2 Å². The van der Waals surface area contributed by atoms with Crippen LogP contribution in [0.25, 0.3) is 0 Å². The molecule has 1 aromatic rings. The second-order valence-electron chi connectivity index (χ2n) is 3.34. The molecule has 1 aromatic carbocycles. The highest BCUT2D eigenvalue weighted by molar-refractivity contribution is 5.73. The van der Waals surface area contributed by atoms with Gasteiger partial charge in [0.15, 0.2) is 0 Å². The van der Waals surface area contributed by atoms with Gasteiger partial charge in [-0.25, -0.2) is 0 Å². The van der Waals surface area contributed by atoms with Crippen LogP contribution in [0, 0.1) is 11.8 Å². The maximum atomic E-state index is 10.6. The minimum atomic E-state index is -0.0651. The maximum absolute atomic E-state index is 10.6. The van der Waals surface area contributed by atoms with Gasteiger partial charge in [0, 0.05) is 19.6 Å². The smallest absolute Gasteiger partial charge is 0.217 e. The molecule has 16 heavy (non-hydrogen) atoms. The number of ether oxygens (including phenoxy) is 1. The van der Waals surface area contributed by atoms with Crippen molar-refractivity contribution in [2.45, 2.75) is 13.5 Å². The molecule has 3 nitrogen and oxygen atoms in total. The average molecular weight is 217 g/mol. The minimum Gasteiger partial charge on any atom is -0.380 e. The van der Waals surface area contributed by atoms with Crippen LogP contribution in [-0.2, 0) is 16.1 Å². The van der Waals surface area contributed by atoms with Gasteiger partial charge in [-0.2, -0.15) is 0 Å². The molecular formula is C13H15NO2. The standard InChI is InChI=1S/C13H15NO2/c1-11(15)14-9-3-4-12-5-7-13(8-6-12)10-16-2/h5-8H,9-10H2,1-2H3,(H,14,15). The van der Waals surface area contributed by atoms with E-state index in [-0.39, 0.29) is 5.91 Å². The van der Waals surface area contributed by atoms with Crippen LogP contribution in [-0.4, -0.2) is 19.6 Å². The molecule has 0 atom stereocenters. The Hall–Kier alpha value is -1.79. The molecule has 0 fully saturated rings. The average Bonchev–Trinajstić information content (AvgIpc) is 2.27. The van der Waals surface area contributed by atoms with E-state index in [0.717, 1.165) is 11.1 Å². The molecule has 0 bridgehead atoms. The van der Waals surface area contributed by atoms with Crippen molar-refractivity contribution in [2.24, 2.45) is 0 Å². The van der Waals surface area contributed by atoms with Gasteiger partial charge in [0.25, 0.3) is 0 Å². The summed E-state index contributed by atoms with van der Waals surface area (Å²) in [6, 6.07) is 7.84. The SMILES string of the molecule is COCc1ccc(C#CCNC(C)=O)cc1. The molecule has 0 radical (unpaired) electrons. The monoisotopic (exact) mass is 217 g/mol. The fraction of sp³-hybridized carbons (Fsp3) is 0.308. The summed E-state index contributed by atoms with van der Waals surface area (Å²) in [5.74, 6) is 5.77. The van der Waals surface area contributed by atoms with Gasteiger partial charge in [-0.15, -0.1) is 0 Å². The summed E-state index contributed by atoms with van der Waals surface area (Å²) in [7, 11) is 1.67. The van der Waals surface area contributed by atoms with Crippen LogP contribution in [0.1, 0.15) is 18.1 Å². The molecule has 0 saturated heterocycles. The van der Waals surface area contributed by atoms with Crippen molar-refractivity contribution in [3.05, 3.63) is 35.4 Å². The Morgan fingerprint density at radius 3 is 2.62 bits per heavy atom. The highest BCUT2D eigenvalue weighted by atomic mass is 16.5. The van der Waals surface area contributed by atoms with Crippen LogP contribution in [0.3, 0.4) is 0 Å². The zero-order chi connectivity index (χ0) is 11.8. The van der Waals surface area contributed by atoms with Gasteiger partial charge in [0.05, 0.1) is 13.2 Å². The maximum Gasteiger partial charge on any atom is 0.217 e. The Morgan fingerprint density at radius 2 is 2.06 bits per heavy atom. The van der Waals surface area contributed by atoms with Gasteiger partial charge in [0.1, 0.15) is 0 Å². The molecular weight excluding hydrogens is 202 g/mol. The van der Waals surface area contributed by atoms with Crippen molar-refractivity contribution in [3.63, 3.8) is 0 Å². The first-order valence-corrected chi connectivity index (χ1v) is 5.03.